The lowest BCUT2D eigenvalue weighted by molar-refractivity contribution is -0.119. The van der Waals surface area contributed by atoms with Crippen LogP contribution in [0.3, 0.4) is 0 Å². The second-order valence-electron chi connectivity index (χ2n) is 8.77. The van der Waals surface area contributed by atoms with Crippen LogP contribution in [0.25, 0.3) is 11.0 Å². The molecule has 0 saturated heterocycles. The monoisotopic (exact) mass is 572 g/mol. The van der Waals surface area contributed by atoms with Crippen LogP contribution in [0.5, 0.6) is 23.3 Å². The number of rotatable bonds is 10. The molecule has 5 rings (SSSR count). The van der Waals surface area contributed by atoms with E-state index >= 15 is 0 Å². The average molecular weight is 573 g/mol. The lowest BCUT2D eigenvalue weighted by Gasteiger charge is -2.20. The van der Waals surface area contributed by atoms with Crippen molar-refractivity contribution in [3.8, 4) is 23.3 Å². The summed E-state index contributed by atoms with van der Waals surface area (Å²) in [5, 5.41) is 6.58. The highest BCUT2D eigenvalue weighted by Gasteiger charge is 2.29. The van der Waals surface area contributed by atoms with E-state index in [0.29, 0.717) is 48.3 Å². The molecule has 40 heavy (non-hydrogen) atoms. The third-order valence-electron chi connectivity index (χ3n) is 6.15. The van der Waals surface area contributed by atoms with Gasteiger partial charge in [0.05, 0.1) is 26.5 Å². The van der Waals surface area contributed by atoms with Crippen LogP contribution in [0, 0.1) is 0 Å². The van der Waals surface area contributed by atoms with Gasteiger partial charge in [0.1, 0.15) is 33.3 Å². The molecular formula is C26H25FN4O8S. The fourth-order valence-electron chi connectivity index (χ4n) is 4.18. The number of hydrogen-bond donors (Lipinski definition) is 2. The van der Waals surface area contributed by atoms with Gasteiger partial charge >= 0.3 is 6.08 Å². The minimum absolute atomic E-state index is 0.0352. The van der Waals surface area contributed by atoms with Crippen molar-refractivity contribution in [2.24, 2.45) is 0 Å². The van der Waals surface area contributed by atoms with Crippen LogP contribution in [-0.4, -0.2) is 38.2 Å². The van der Waals surface area contributed by atoms with Crippen molar-refractivity contribution in [1.29, 1.82) is 0 Å². The van der Waals surface area contributed by atoms with Crippen molar-refractivity contribution in [1.82, 2.24) is 15.5 Å². The van der Waals surface area contributed by atoms with Gasteiger partial charge in [-0.05, 0) is 37.0 Å². The number of anilines is 1. The van der Waals surface area contributed by atoms with E-state index in [1.165, 1.54) is 19.4 Å². The number of methoxy groups -OCH3 is 1. The van der Waals surface area contributed by atoms with Crippen LogP contribution in [0.2, 0.25) is 0 Å². The summed E-state index contributed by atoms with van der Waals surface area (Å²) < 4.78 is 70.2. The maximum absolute atomic E-state index is 13.4. The van der Waals surface area contributed by atoms with Gasteiger partial charge in [-0.15, -0.1) is 0 Å². The number of carbonyl (C=O) groups is 1. The summed E-state index contributed by atoms with van der Waals surface area (Å²) in [5.74, 6) is -1.08. The largest absolute Gasteiger partial charge is 0.495 e. The van der Waals surface area contributed by atoms with Crippen LogP contribution in [-0.2, 0) is 34.2 Å². The zero-order valence-corrected chi connectivity index (χ0v) is 22.4. The maximum Gasteiger partial charge on any atom is 0.399 e. The molecule has 4 aromatic rings. The predicted octanol–water partition coefficient (Wildman–Crippen LogP) is 4.40. The molecule has 0 saturated carbocycles. The SMILES string of the molecule is C=C(F)C(=O)NCc1cnc(Oc2cc3onc(NS(=O)(=O)c4cc(CC)ccc4OC)c3c3c2CCCO3)o1. The Balaban J connectivity index is 1.46. The molecule has 0 fully saturated rings. The molecular weight excluding hydrogens is 547 g/mol. The molecule has 0 spiro atoms. The predicted molar refractivity (Wildman–Crippen MR) is 140 cm³/mol. The van der Waals surface area contributed by atoms with Crippen molar-refractivity contribution in [2.45, 2.75) is 37.6 Å². The van der Waals surface area contributed by atoms with Gasteiger partial charge in [0.2, 0.25) is 0 Å². The summed E-state index contributed by atoms with van der Waals surface area (Å²) in [6.07, 6.45) is 3.04. The molecule has 0 aliphatic carbocycles. The number of oxazole rings is 1. The molecule has 210 valence electrons. The molecule has 12 nitrogen and oxygen atoms in total. The minimum atomic E-state index is -4.12. The lowest BCUT2D eigenvalue weighted by atomic mass is 10.0. The first kappa shape index (κ1) is 27.0. The number of amides is 1. The standard InChI is InChI=1S/C26H25FN4O8S/c1-4-15-7-8-18(35-3)21(10-15)40(33,34)31-24-22-20(39-30-24)11-19(17-6-5-9-36-23(17)22)38-26-29-13-16(37-26)12-28-25(32)14(2)27/h7-8,10-11,13H,2,4-6,9,12H2,1,3H3,(H,28,32)(H,30,31). The quantitative estimate of drug-likeness (QED) is 0.261. The molecule has 2 N–H and O–H groups in total. The zero-order valence-electron chi connectivity index (χ0n) is 21.6. The molecule has 14 heteroatoms. The number of hydrogen-bond acceptors (Lipinski definition) is 10. The number of nitrogens with zero attached hydrogens (tertiary/aromatic N) is 2. The molecule has 0 bridgehead atoms. The Hall–Kier alpha value is -4.59. The van der Waals surface area contributed by atoms with E-state index < -0.39 is 21.8 Å². The van der Waals surface area contributed by atoms with Crippen molar-refractivity contribution in [3.05, 3.63) is 59.8 Å². The zero-order chi connectivity index (χ0) is 28.4. The number of carbonyl (C=O) groups excluding carboxylic acids is 1. The topological polar surface area (TPSA) is 155 Å². The van der Waals surface area contributed by atoms with Gasteiger partial charge < -0.3 is 28.5 Å². The van der Waals surface area contributed by atoms with Crippen LogP contribution in [0.1, 0.15) is 30.2 Å². The summed E-state index contributed by atoms with van der Waals surface area (Å²) in [5.41, 5.74) is 1.65. The number of halogens is 1. The van der Waals surface area contributed by atoms with Crippen LogP contribution in [0.4, 0.5) is 10.2 Å². The number of ether oxygens (including phenoxy) is 3. The van der Waals surface area contributed by atoms with Crippen molar-refractivity contribution < 1.29 is 40.8 Å². The molecule has 3 heterocycles. The molecule has 0 radical (unpaired) electrons. The van der Waals surface area contributed by atoms with E-state index in [0.717, 1.165) is 5.56 Å². The van der Waals surface area contributed by atoms with E-state index in [9.17, 15) is 17.6 Å². The van der Waals surface area contributed by atoms with Crippen LogP contribution >= 0.6 is 0 Å². The molecule has 1 aliphatic rings. The Labute approximate surface area is 228 Å². The van der Waals surface area contributed by atoms with Gasteiger partial charge in [0, 0.05) is 11.6 Å². The Kier molecular flexibility index (Phi) is 7.34. The second kappa shape index (κ2) is 10.9. The maximum atomic E-state index is 13.4. The third-order valence-corrected chi connectivity index (χ3v) is 7.51. The van der Waals surface area contributed by atoms with E-state index in [2.05, 4.69) is 26.8 Å². The first-order valence-electron chi connectivity index (χ1n) is 12.2. The van der Waals surface area contributed by atoms with Gasteiger partial charge in [0.25, 0.3) is 15.9 Å². The van der Waals surface area contributed by atoms with Gasteiger partial charge in [-0.3, -0.25) is 9.52 Å². The smallest absolute Gasteiger partial charge is 0.399 e. The molecule has 0 unspecified atom stereocenters. The highest BCUT2D eigenvalue weighted by molar-refractivity contribution is 7.92. The van der Waals surface area contributed by atoms with Gasteiger partial charge in [0.15, 0.2) is 17.2 Å². The van der Waals surface area contributed by atoms with E-state index in [-0.39, 0.29) is 40.4 Å². The molecule has 0 atom stereocenters. The first-order chi connectivity index (χ1) is 19.2. The van der Waals surface area contributed by atoms with Crippen LogP contribution in [0.15, 0.2) is 56.7 Å². The van der Waals surface area contributed by atoms with Crippen molar-refractivity contribution in [3.63, 3.8) is 0 Å². The highest BCUT2D eigenvalue weighted by atomic mass is 32.2. The Bertz CT molecular complexity index is 1710. The Morgan fingerprint density at radius 2 is 2.08 bits per heavy atom. The number of aromatic nitrogens is 2. The van der Waals surface area contributed by atoms with Crippen LogP contribution < -0.4 is 24.2 Å². The third kappa shape index (κ3) is 5.30. The lowest BCUT2D eigenvalue weighted by Crippen LogP contribution is -2.22. The van der Waals surface area contributed by atoms with Gasteiger partial charge in [-0.25, -0.2) is 12.8 Å². The summed E-state index contributed by atoms with van der Waals surface area (Å²) >= 11 is 0. The number of nitrogens with one attached hydrogen (secondary N) is 2. The molecule has 1 aliphatic heterocycles. The van der Waals surface area contributed by atoms with Crippen molar-refractivity contribution in [2.75, 3.05) is 18.4 Å². The number of sulfonamides is 1. The molecule has 1 amide bonds. The Morgan fingerprint density at radius 3 is 2.83 bits per heavy atom. The van der Waals surface area contributed by atoms with Crippen molar-refractivity contribution >= 4 is 32.7 Å². The first-order valence-corrected chi connectivity index (χ1v) is 13.7. The normalized spacial score (nSPS) is 12.9. The van der Waals surface area contributed by atoms with E-state index in [1.807, 2.05) is 6.92 Å². The fraction of sp³-hybridized carbons (Fsp3) is 0.269. The van der Waals surface area contributed by atoms with Gasteiger partial charge in [-0.1, -0.05) is 24.7 Å². The molecule has 2 aromatic carbocycles. The highest BCUT2D eigenvalue weighted by Crippen LogP contribution is 2.45. The number of fused-ring (bicyclic) bond motifs is 3. The van der Waals surface area contributed by atoms with Gasteiger partial charge in [-0.2, -0.15) is 4.98 Å². The summed E-state index contributed by atoms with van der Waals surface area (Å²) in [6.45, 7) is 5.10. The number of benzene rings is 2. The van der Waals surface area contributed by atoms with E-state index in [1.54, 1.807) is 18.2 Å². The number of aryl methyl sites for hydroxylation is 1. The average Bonchev–Trinajstić information content (AvgIpc) is 3.57. The second-order valence-corrected chi connectivity index (χ2v) is 10.4. The fourth-order valence-corrected chi connectivity index (χ4v) is 5.41. The van der Waals surface area contributed by atoms with E-state index in [4.69, 9.17) is 23.2 Å². The minimum Gasteiger partial charge on any atom is -0.495 e. The molecule has 2 aromatic heterocycles. The summed E-state index contributed by atoms with van der Waals surface area (Å²) in [7, 11) is -2.72. The summed E-state index contributed by atoms with van der Waals surface area (Å²) in [6, 6.07) is 6.47. The Morgan fingerprint density at radius 1 is 1.25 bits per heavy atom. The summed E-state index contributed by atoms with van der Waals surface area (Å²) in [4.78, 5) is 15.4.